The molecule has 0 bridgehead atoms. The Morgan fingerprint density at radius 1 is 1.14 bits per heavy atom. The van der Waals surface area contributed by atoms with Gasteiger partial charge in [-0.1, -0.05) is 36.9 Å². The second-order valence-electron chi connectivity index (χ2n) is 5.54. The number of fused-ring (bicyclic) bond motifs is 1. The van der Waals surface area contributed by atoms with Gasteiger partial charge in [0.05, 0.1) is 16.3 Å². The van der Waals surface area contributed by atoms with Crippen molar-refractivity contribution in [2.24, 2.45) is 0 Å². The Morgan fingerprint density at radius 2 is 1.82 bits per heavy atom. The highest BCUT2D eigenvalue weighted by molar-refractivity contribution is 7.90. The van der Waals surface area contributed by atoms with E-state index in [0.29, 0.717) is 0 Å². The minimum Gasteiger partial charge on any atom is -0.421 e. The Balaban J connectivity index is 2.00. The lowest BCUT2D eigenvalue weighted by Gasteiger charge is -2.11. The number of hydrogen-bond acceptors (Lipinski definition) is 6. The van der Waals surface area contributed by atoms with Crippen LogP contribution in [-0.4, -0.2) is 20.3 Å². The van der Waals surface area contributed by atoms with E-state index in [2.05, 4.69) is 16.6 Å². The van der Waals surface area contributed by atoms with Crippen molar-refractivity contribution in [3.8, 4) is 11.8 Å². The van der Waals surface area contributed by atoms with Gasteiger partial charge in [-0.2, -0.15) is 5.26 Å². The summed E-state index contributed by atoms with van der Waals surface area (Å²) in [6, 6.07) is 13.8. The first-order chi connectivity index (χ1) is 13.4. The number of nitrogens with one attached hydrogen (secondary N) is 2. The van der Waals surface area contributed by atoms with E-state index < -0.39 is 27.5 Å². The Morgan fingerprint density at radius 3 is 2.54 bits per heavy atom. The van der Waals surface area contributed by atoms with Crippen molar-refractivity contribution in [3.05, 3.63) is 72.3 Å². The van der Waals surface area contributed by atoms with Crippen molar-refractivity contribution >= 4 is 33.3 Å². The lowest BCUT2D eigenvalue weighted by atomic mass is 10.1. The van der Waals surface area contributed by atoms with Crippen LogP contribution in [0.5, 0.6) is 5.75 Å². The number of hydrogen-bond donors (Lipinski definition) is 2. The van der Waals surface area contributed by atoms with Crippen LogP contribution in [-0.2, 0) is 19.6 Å². The maximum atomic E-state index is 12.7. The molecule has 9 heteroatoms. The number of carbonyl (C=O) groups is 2. The SMILES string of the molecule is C=CC(=O)Oc1ccccc1NC(=O)C(C#N)=C1NS(=O)(=O)c2ccccc21. The van der Waals surface area contributed by atoms with Gasteiger partial charge in [0, 0.05) is 11.6 Å². The van der Waals surface area contributed by atoms with Gasteiger partial charge in [-0.25, -0.2) is 13.2 Å². The molecule has 0 radical (unpaired) electrons. The Kier molecular flexibility index (Phi) is 4.98. The third kappa shape index (κ3) is 3.49. The lowest BCUT2D eigenvalue weighted by molar-refractivity contribution is -0.129. The number of anilines is 1. The molecule has 0 saturated heterocycles. The van der Waals surface area contributed by atoms with Crippen LogP contribution in [0.4, 0.5) is 5.69 Å². The maximum absolute atomic E-state index is 12.7. The van der Waals surface area contributed by atoms with Crippen LogP contribution < -0.4 is 14.8 Å². The van der Waals surface area contributed by atoms with E-state index in [1.807, 2.05) is 0 Å². The zero-order valence-corrected chi connectivity index (χ0v) is 15.1. The fraction of sp³-hybridized carbons (Fsp3) is 0. The second-order valence-corrected chi connectivity index (χ2v) is 7.19. The summed E-state index contributed by atoms with van der Waals surface area (Å²) < 4.78 is 31.7. The molecular weight excluding hydrogens is 382 g/mol. The number of nitriles is 1. The average Bonchev–Trinajstić information content (AvgIpc) is 2.95. The average molecular weight is 395 g/mol. The van der Waals surface area contributed by atoms with Crippen molar-refractivity contribution in [2.45, 2.75) is 4.90 Å². The molecule has 0 aliphatic carbocycles. The van der Waals surface area contributed by atoms with E-state index in [1.54, 1.807) is 24.3 Å². The van der Waals surface area contributed by atoms with Crippen LogP contribution in [0.1, 0.15) is 5.56 Å². The highest BCUT2D eigenvalue weighted by atomic mass is 32.2. The summed E-state index contributed by atoms with van der Waals surface area (Å²) in [5.41, 5.74) is -0.194. The second kappa shape index (κ2) is 7.38. The van der Waals surface area contributed by atoms with Gasteiger partial charge in [0.15, 0.2) is 5.75 Å². The molecule has 2 N–H and O–H groups in total. The van der Waals surface area contributed by atoms with Gasteiger partial charge in [0.25, 0.3) is 15.9 Å². The number of para-hydroxylation sites is 2. The highest BCUT2D eigenvalue weighted by Crippen LogP contribution is 2.32. The molecule has 1 heterocycles. The van der Waals surface area contributed by atoms with E-state index in [0.717, 1.165) is 6.08 Å². The van der Waals surface area contributed by atoms with Crippen molar-refractivity contribution in [2.75, 3.05) is 5.32 Å². The smallest absolute Gasteiger partial charge is 0.335 e. The summed E-state index contributed by atoms with van der Waals surface area (Å²) in [4.78, 5) is 24.1. The van der Waals surface area contributed by atoms with Crippen molar-refractivity contribution in [1.29, 1.82) is 5.26 Å². The summed E-state index contributed by atoms with van der Waals surface area (Å²) >= 11 is 0. The van der Waals surface area contributed by atoms with Crippen LogP contribution in [0.25, 0.3) is 5.70 Å². The van der Waals surface area contributed by atoms with E-state index in [9.17, 15) is 23.3 Å². The van der Waals surface area contributed by atoms with Crippen LogP contribution in [0.15, 0.2) is 71.7 Å². The molecule has 2 aromatic rings. The van der Waals surface area contributed by atoms with E-state index in [-0.39, 0.29) is 27.6 Å². The van der Waals surface area contributed by atoms with E-state index in [1.165, 1.54) is 30.3 Å². The molecule has 0 aromatic heterocycles. The van der Waals surface area contributed by atoms with Gasteiger partial charge in [0.1, 0.15) is 11.6 Å². The molecule has 28 heavy (non-hydrogen) atoms. The fourth-order valence-corrected chi connectivity index (χ4v) is 3.86. The van der Waals surface area contributed by atoms with Crippen LogP contribution in [0.2, 0.25) is 0 Å². The molecule has 2 aromatic carbocycles. The third-order valence-corrected chi connectivity index (χ3v) is 5.19. The van der Waals surface area contributed by atoms with Crippen LogP contribution >= 0.6 is 0 Å². The normalized spacial score (nSPS) is 15.4. The van der Waals surface area contributed by atoms with Gasteiger partial charge in [-0.05, 0) is 18.2 Å². The predicted molar refractivity (Wildman–Crippen MR) is 100 cm³/mol. The largest absolute Gasteiger partial charge is 0.421 e. The van der Waals surface area contributed by atoms with Crippen molar-refractivity contribution in [3.63, 3.8) is 0 Å². The summed E-state index contributed by atoms with van der Waals surface area (Å²) in [7, 11) is -3.86. The molecule has 0 spiro atoms. The minimum atomic E-state index is -3.86. The van der Waals surface area contributed by atoms with E-state index >= 15 is 0 Å². The molecule has 0 unspecified atom stereocenters. The number of ether oxygens (including phenoxy) is 1. The number of amides is 1. The number of carbonyl (C=O) groups excluding carboxylic acids is 2. The zero-order valence-electron chi connectivity index (χ0n) is 14.3. The monoisotopic (exact) mass is 395 g/mol. The molecule has 0 saturated carbocycles. The van der Waals surface area contributed by atoms with Gasteiger partial charge < -0.3 is 10.1 Å². The van der Waals surface area contributed by atoms with Crippen molar-refractivity contribution < 1.29 is 22.7 Å². The highest BCUT2D eigenvalue weighted by Gasteiger charge is 2.33. The predicted octanol–water partition coefficient (Wildman–Crippen LogP) is 1.94. The lowest BCUT2D eigenvalue weighted by Crippen LogP contribution is -2.21. The molecule has 1 amide bonds. The van der Waals surface area contributed by atoms with Gasteiger partial charge >= 0.3 is 5.97 Å². The topological polar surface area (TPSA) is 125 Å². The van der Waals surface area contributed by atoms with Gasteiger partial charge in [0.2, 0.25) is 0 Å². The Hall–Kier alpha value is -3.90. The number of nitrogens with zero attached hydrogens (tertiary/aromatic N) is 1. The first-order valence-electron chi connectivity index (χ1n) is 7.88. The number of rotatable bonds is 4. The first kappa shape index (κ1) is 18.9. The Labute approximate surface area is 160 Å². The molecule has 3 rings (SSSR count). The zero-order chi connectivity index (χ0) is 20.3. The van der Waals surface area contributed by atoms with Crippen LogP contribution in [0.3, 0.4) is 0 Å². The first-order valence-corrected chi connectivity index (χ1v) is 9.37. The molecule has 0 fully saturated rings. The van der Waals surface area contributed by atoms with Crippen molar-refractivity contribution in [1.82, 2.24) is 4.72 Å². The molecule has 1 aliphatic rings. The molecule has 1 aliphatic heterocycles. The van der Waals surface area contributed by atoms with E-state index in [4.69, 9.17) is 4.74 Å². The molecule has 140 valence electrons. The third-order valence-electron chi connectivity index (χ3n) is 3.78. The summed E-state index contributed by atoms with van der Waals surface area (Å²) in [6.45, 7) is 3.30. The quantitative estimate of drug-likeness (QED) is 0.353. The minimum absolute atomic E-state index is 0.0223. The van der Waals surface area contributed by atoms with Crippen LogP contribution in [0, 0.1) is 11.3 Å². The molecular formula is C19H13N3O5S. The maximum Gasteiger partial charge on any atom is 0.335 e. The van der Waals surface area contributed by atoms with Gasteiger partial charge in [-0.3, -0.25) is 9.52 Å². The summed E-state index contributed by atoms with van der Waals surface area (Å²) in [6.07, 6.45) is 0.964. The Bertz CT molecular complexity index is 1180. The number of benzene rings is 2. The molecule has 0 atom stereocenters. The van der Waals surface area contributed by atoms with Gasteiger partial charge in [-0.15, -0.1) is 0 Å². The molecule has 8 nitrogen and oxygen atoms in total. The summed E-state index contributed by atoms with van der Waals surface area (Å²) in [5.74, 6) is -1.53. The number of esters is 1. The standard InChI is InChI=1S/C19H13N3O5S/c1-2-17(23)27-15-9-5-4-8-14(15)21-19(24)13(11-20)18-12-7-3-6-10-16(12)28(25,26)22-18/h2-10,22H,1H2,(H,21,24). The summed E-state index contributed by atoms with van der Waals surface area (Å²) in [5, 5.41) is 11.9. The number of sulfonamides is 1. The fourth-order valence-electron chi connectivity index (χ4n) is 2.55.